The molecule has 1 unspecified atom stereocenters. The molecule has 7 atom stereocenters. The first kappa shape index (κ1) is 19.1. The molecule has 5 nitrogen and oxygen atoms in total. The van der Waals surface area contributed by atoms with Gasteiger partial charge < -0.3 is 20.4 Å². The summed E-state index contributed by atoms with van der Waals surface area (Å²) >= 11 is 1.71. The van der Waals surface area contributed by atoms with Crippen LogP contribution in [0, 0.1) is 17.3 Å². The third kappa shape index (κ3) is 3.15. The van der Waals surface area contributed by atoms with Crippen LogP contribution in [0.3, 0.4) is 0 Å². The number of carboxylic acid groups (broad SMARTS) is 1. The summed E-state index contributed by atoms with van der Waals surface area (Å²) in [5.41, 5.74) is 2.17. The molecule has 3 aliphatic carbocycles. The average molecular weight is 393 g/mol. The van der Waals surface area contributed by atoms with Crippen LogP contribution in [0.1, 0.15) is 49.7 Å². The van der Waals surface area contributed by atoms with Crippen molar-refractivity contribution in [1.29, 1.82) is 0 Å². The lowest BCUT2D eigenvalue weighted by molar-refractivity contribution is -0.136. The molecular formula is C21H28O5S. The molecule has 1 aromatic rings. The minimum Gasteiger partial charge on any atom is -0.508 e. The van der Waals surface area contributed by atoms with Crippen LogP contribution in [-0.2, 0) is 11.2 Å². The SMILES string of the molecule is C[C@]12CC[C@@H]3c4ccc(O)cc4CC(SCCC(=O)O)[C@H]3[C@@H]1C[C@@H](O)[C@@H]2O. The summed E-state index contributed by atoms with van der Waals surface area (Å²) in [6.45, 7) is 2.11. The van der Waals surface area contributed by atoms with Gasteiger partial charge in [-0.2, -0.15) is 11.8 Å². The highest BCUT2D eigenvalue weighted by atomic mass is 32.2. The molecule has 1 aromatic carbocycles. The average Bonchev–Trinajstić information content (AvgIpc) is 2.84. The zero-order valence-corrected chi connectivity index (χ0v) is 16.4. The number of phenols is 1. The third-order valence-corrected chi connectivity index (χ3v) is 8.68. The van der Waals surface area contributed by atoms with Crippen molar-refractivity contribution in [2.75, 3.05) is 5.75 Å². The van der Waals surface area contributed by atoms with Gasteiger partial charge in [-0.25, -0.2) is 0 Å². The Morgan fingerprint density at radius 1 is 1.33 bits per heavy atom. The molecule has 0 aromatic heterocycles. The maximum absolute atomic E-state index is 11.0. The van der Waals surface area contributed by atoms with E-state index in [2.05, 4.69) is 6.92 Å². The van der Waals surface area contributed by atoms with Crippen molar-refractivity contribution in [2.45, 2.75) is 62.4 Å². The van der Waals surface area contributed by atoms with Gasteiger partial charge in [0, 0.05) is 11.0 Å². The summed E-state index contributed by atoms with van der Waals surface area (Å²) in [6.07, 6.45) is 2.02. The number of aromatic hydroxyl groups is 1. The number of aliphatic hydroxyl groups is 2. The van der Waals surface area contributed by atoms with Gasteiger partial charge in [0.1, 0.15) is 5.75 Å². The van der Waals surface area contributed by atoms with Gasteiger partial charge in [-0.15, -0.1) is 0 Å². The lowest BCUT2D eigenvalue weighted by atomic mass is 9.55. The van der Waals surface area contributed by atoms with E-state index in [4.69, 9.17) is 5.11 Å². The molecule has 3 aliphatic rings. The van der Waals surface area contributed by atoms with E-state index in [1.807, 2.05) is 12.1 Å². The van der Waals surface area contributed by atoms with Gasteiger partial charge in [-0.3, -0.25) is 4.79 Å². The van der Waals surface area contributed by atoms with Crippen molar-refractivity contribution in [3.63, 3.8) is 0 Å². The predicted molar refractivity (Wildman–Crippen MR) is 104 cm³/mol. The lowest BCUT2D eigenvalue weighted by Gasteiger charge is -2.52. The summed E-state index contributed by atoms with van der Waals surface area (Å²) in [5, 5.41) is 40.2. The molecule has 0 aliphatic heterocycles. The van der Waals surface area contributed by atoms with Crippen LogP contribution in [0.5, 0.6) is 5.75 Å². The van der Waals surface area contributed by atoms with Gasteiger partial charge in [-0.05, 0) is 72.1 Å². The Labute approximate surface area is 163 Å². The zero-order chi connectivity index (χ0) is 19.3. The van der Waals surface area contributed by atoms with E-state index < -0.39 is 18.2 Å². The van der Waals surface area contributed by atoms with Crippen molar-refractivity contribution in [1.82, 2.24) is 0 Å². The highest BCUT2D eigenvalue weighted by molar-refractivity contribution is 7.99. The largest absolute Gasteiger partial charge is 0.508 e. The molecule has 0 heterocycles. The van der Waals surface area contributed by atoms with Crippen molar-refractivity contribution in [3.8, 4) is 5.75 Å². The van der Waals surface area contributed by atoms with Crippen molar-refractivity contribution in [2.24, 2.45) is 17.3 Å². The Morgan fingerprint density at radius 3 is 2.85 bits per heavy atom. The quantitative estimate of drug-likeness (QED) is 0.629. The number of fused-ring (bicyclic) bond motifs is 5. The Bertz CT molecular complexity index is 737. The molecule has 4 rings (SSSR count). The van der Waals surface area contributed by atoms with Crippen LogP contribution < -0.4 is 0 Å². The second-order valence-electron chi connectivity index (χ2n) is 8.72. The Balaban J connectivity index is 1.69. The van der Waals surface area contributed by atoms with Crippen molar-refractivity contribution < 1.29 is 25.2 Å². The molecule has 0 spiro atoms. The fourth-order valence-corrected chi connectivity index (χ4v) is 7.51. The number of benzene rings is 1. The Morgan fingerprint density at radius 2 is 2.11 bits per heavy atom. The van der Waals surface area contributed by atoms with Crippen LogP contribution >= 0.6 is 11.8 Å². The van der Waals surface area contributed by atoms with Gasteiger partial charge in [0.2, 0.25) is 0 Å². The summed E-state index contributed by atoms with van der Waals surface area (Å²) in [7, 11) is 0. The molecule has 0 saturated heterocycles. The molecule has 2 saturated carbocycles. The van der Waals surface area contributed by atoms with E-state index in [-0.39, 0.29) is 28.8 Å². The molecular weight excluding hydrogens is 364 g/mol. The molecule has 0 amide bonds. The summed E-state index contributed by atoms with van der Waals surface area (Å²) in [6, 6.07) is 5.63. The van der Waals surface area contributed by atoms with E-state index in [0.717, 1.165) is 24.8 Å². The summed E-state index contributed by atoms with van der Waals surface area (Å²) in [5.74, 6) is 0.928. The Hall–Kier alpha value is -1.24. The van der Waals surface area contributed by atoms with Gasteiger partial charge in [-0.1, -0.05) is 13.0 Å². The number of thioether (sulfide) groups is 1. The van der Waals surface area contributed by atoms with E-state index in [1.54, 1.807) is 17.8 Å². The topological polar surface area (TPSA) is 98.0 Å². The number of rotatable bonds is 4. The number of carbonyl (C=O) groups is 1. The van der Waals surface area contributed by atoms with Gasteiger partial charge >= 0.3 is 5.97 Å². The maximum Gasteiger partial charge on any atom is 0.304 e. The number of aliphatic carboxylic acids is 1. The molecule has 148 valence electrons. The molecule has 0 bridgehead atoms. The van der Waals surface area contributed by atoms with Gasteiger partial charge in [0.05, 0.1) is 18.6 Å². The van der Waals surface area contributed by atoms with E-state index in [1.165, 1.54) is 5.56 Å². The van der Waals surface area contributed by atoms with Crippen LogP contribution in [0.15, 0.2) is 18.2 Å². The fourth-order valence-electron chi connectivity index (χ4n) is 6.02. The van der Waals surface area contributed by atoms with Crippen molar-refractivity contribution >= 4 is 17.7 Å². The molecule has 0 radical (unpaired) electrons. The summed E-state index contributed by atoms with van der Waals surface area (Å²) in [4.78, 5) is 11.0. The summed E-state index contributed by atoms with van der Waals surface area (Å²) < 4.78 is 0. The molecule has 27 heavy (non-hydrogen) atoms. The monoisotopic (exact) mass is 392 g/mol. The Kier molecular flexibility index (Phi) is 4.93. The van der Waals surface area contributed by atoms with E-state index in [0.29, 0.717) is 24.0 Å². The maximum atomic E-state index is 11.0. The van der Waals surface area contributed by atoms with Crippen LogP contribution in [0.4, 0.5) is 0 Å². The normalized spacial score (nSPS) is 40.1. The molecule has 2 fully saturated rings. The van der Waals surface area contributed by atoms with Crippen LogP contribution in [0.2, 0.25) is 0 Å². The minimum absolute atomic E-state index is 0.138. The van der Waals surface area contributed by atoms with Crippen molar-refractivity contribution in [3.05, 3.63) is 29.3 Å². The first-order chi connectivity index (χ1) is 12.8. The van der Waals surface area contributed by atoms with Gasteiger partial charge in [0.15, 0.2) is 0 Å². The predicted octanol–water partition coefficient (Wildman–Crippen LogP) is 2.77. The number of hydrogen-bond donors (Lipinski definition) is 4. The molecule has 4 N–H and O–H groups in total. The zero-order valence-electron chi connectivity index (χ0n) is 15.5. The number of phenolic OH excluding ortho intramolecular Hbond substituents is 1. The second kappa shape index (κ2) is 6.98. The highest BCUT2D eigenvalue weighted by Gasteiger charge is 2.59. The van der Waals surface area contributed by atoms with E-state index >= 15 is 0 Å². The first-order valence-corrected chi connectivity index (χ1v) is 10.9. The van der Waals surface area contributed by atoms with Gasteiger partial charge in [0.25, 0.3) is 0 Å². The van der Waals surface area contributed by atoms with Crippen LogP contribution in [0.25, 0.3) is 0 Å². The second-order valence-corrected chi connectivity index (χ2v) is 10.1. The standard InChI is InChI=1S/C21H28O5S/c1-21-6-4-14-13-3-2-12(22)8-11(13)9-17(27-7-5-18(24)25)19(14)15(21)10-16(23)20(21)26/h2-3,8,14-17,19-20,22-23,26H,4-7,9-10H2,1H3,(H,24,25)/t14-,15+,16-,17?,19-,20+,21+/m1/s1. The number of carboxylic acids is 1. The highest BCUT2D eigenvalue weighted by Crippen LogP contribution is 2.62. The van der Waals surface area contributed by atoms with E-state index in [9.17, 15) is 20.1 Å². The minimum atomic E-state index is -0.784. The molecule has 6 heteroatoms. The number of hydrogen-bond acceptors (Lipinski definition) is 5. The van der Waals surface area contributed by atoms with Crippen LogP contribution in [-0.4, -0.2) is 49.6 Å². The first-order valence-electron chi connectivity index (χ1n) is 9.82. The smallest absolute Gasteiger partial charge is 0.304 e. The lowest BCUT2D eigenvalue weighted by Crippen LogP contribution is -2.48. The number of aliphatic hydroxyl groups excluding tert-OH is 2. The third-order valence-electron chi connectivity index (χ3n) is 7.33. The fraction of sp³-hybridized carbons (Fsp3) is 0.667.